The van der Waals surface area contributed by atoms with Crippen LogP contribution in [-0.4, -0.2) is 30.6 Å². The number of hydrogen-bond acceptors (Lipinski definition) is 4. The Morgan fingerprint density at radius 2 is 2.14 bits per heavy atom. The number of carbonyl (C=O) groups is 2. The molecule has 1 aromatic carbocycles. The number of esters is 1. The van der Waals surface area contributed by atoms with Gasteiger partial charge in [0, 0.05) is 6.54 Å². The first-order valence-electron chi connectivity index (χ1n) is 7.21. The summed E-state index contributed by atoms with van der Waals surface area (Å²) in [6.45, 7) is 9.77. The Labute approximate surface area is 130 Å². The molecule has 1 aromatic rings. The maximum Gasteiger partial charge on any atom is 0.346 e. The van der Waals surface area contributed by atoms with Crippen molar-refractivity contribution in [3.8, 4) is 0 Å². The van der Waals surface area contributed by atoms with Gasteiger partial charge < -0.3 is 15.0 Å². The van der Waals surface area contributed by atoms with Crippen molar-refractivity contribution in [3.63, 3.8) is 0 Å². The van der Waals surface area contributed by atoms with Gasteiger partial charge in [0.15, 0.2) is 0 Å². The van der Waals surface area contributed by atoms with Crippen molar-refractivity contribution in [1.29, 1.82) is 0 Å². The molecule has 1 unspecified atom stereocenters. The second kappa shape index (κ2) is 6.47. The lowest BCUT2D eigenvalue weighted by Gasteiger charge is -2.44. The maximum atomic E-state index is 12.6. The number of fused-ring (bicyclic) bond motifs is 1. The van der Waals surface area contributed by atoms with E-state index in [2.05, 4.69) is 18.5 Å². The predicted molar refractivity (Wildman–Crippen MR) is 86.8 cm³/mol. The topological polar surface area (TPSA) is 58.6 Å². The molecular formula is C17H20N2O3. The van der Waals surface area contributed by atoms with Crippen molar-refractivity contribution in [2.45, 2.75) is 18.9 Å². The van der Waals surface area contributed by atoms with Crippen LogP contribution in [0.2, 0.25) is 0 Å². The van der Waals surface area contributed by atoms with E-state index in [9.17, 15) is 9.59 Å². The van der Waals surface area contributed by atoms with Gasteiger partial charge in [-0.2, -0.15) is 0 Å². The molecule has 0 aliphatic carbocycles. The quantitative estimate of drug-likeness (QED) is 0.498. The molecule has 2 rings (SSSR count). The number of nitrogens with one attached hydrogen (secondary N) is 1. The highest BCUT2D eigenvalue weighted by molar-refractivity contribution is 6.21. The lowest BCUT2D eigenvalue weighted by Crippen LogP contribution is -2.64. The molecular weight excluding hydrogens is 280 g/mol. The monoisotopic (exact) mass is 300 g/mol. The SMILES string of the molecule is C=CCCN1c2ccccc2NC(=O)C1(C=C)C(=O)OCC. The highest BCUT2D eigenvalue weighted by Gasteiger charge is 2.53. The van der Waals surface area contributed by atoms with Crippen LogP contribution in [0.3, 0.4) is 0 Å². The van der Waals surface area contributed by atoms with Crippen LogP contribution in [-0.2, 0) is 14.3 Å². The van der Waals surface area contributed by atoms with Crippen LogP contribution in [0, 0.1) is 0 Å². The highest BCUT2D eigenvalue weighted by Crippen LogP contribution is 2.38. The van der Waals surface area contributed by atoms with Crippen molar-refractivity contribution in [2.75, 3.05) is 23.4 Å². The molecule has 0 saturated carbocycles. The zero-order valence-electron chi connectivity index (χ0n) is 12.7. The smallest absolute Gasteiger partial charge is 0.346 e. The molecule has 0 spiro atoms. The number of benzene rings is 1. The average molecular weight is 300 g/mol. The first kappa shape index (κ1) is 15.8. The van der Waals surface area contributed by atoms with Gasteiger partial charge in [0.2, 0.25) is 5.54 Å². The van der Waals surface area contributed by atoms with Crippen LogP contribution in [0.15, 0.2) is 49.6 Å². The minimum absolute atomic E-state index is 0.193. The van der Waals surface area contributed by atoms with Crippen LogP contribution in [0.1, 0.15) is 13.3 Å². The summed E-state index contributed by atoms with van der Waals surface area (Å²) >= 11 is 0. The molecule has 0 bridgehead atoms. The Kier molecular flexibility index (Phi) is 4.65. The number of hydrogen-bond donors (Lipinski definition) is 1. The van der Waals surface area contributed by atoms with Crippen LogP contribution >= 0.6 is 0 Å². The van der Waals surface area contributed by atoms with Gasteiger partial charge in [-0.3, -0.25) is 4.79 Å². The fraction of sp³-hybridized carbons (Fsp3) is 0.294. The van der Waals surface area contributed by atoms with E-state index in [0.29, 0.717) is 18.7 Å². The van der Waals surface area contributed by atoms with Gasteiger partial charge in [0.05, 0.1) is 18.0 Å². The van der Waals surface area contributed by atoms with E-state index in [1.807, 2.05) is 18.2 Å². The minimum atomic E-state index is -1.56. The number of ether oxygens (including phenoxy) is 1. The van der Waals surface area contributed by atoms with Gasteiger partial charge in [-0.15, -0.1) is 6.58 Å². The summed E-state index contributed by atoms with van der Waals surface area (Å²) in [5.74, 6) is -1.08. The molecule has 1 amide bonds. The van der Waals surface area contributed by atoms with E-state index < -0.39 is 17.4 Å². The zero-order valence-corrected chi connectivity index (χ0v) is 12.7. The first-order valence-corrected chi connectivity index (χ1v) is 7.21. The molecule has 0 radical (unpaired) electrons. The van der Waals surface area contributed by atoms with Gasteiger partial charge in [0.1, 0.15) is 0 Å². The van der Waals surface area contributed by atoms with E-state index in [0.717, 1.165) is 5.69 Å². The van der Waals surface area contributed by atoms with Crippen molar-refractivity contribution in [1.82, 2.24) is 0 Å². The maximum absolute atomic E-state index is 12.6. The van der Waals surface area contributed by atoms with Gasteiger partial charge in [-0.25, -0.2) is 4.79 Å². The number of nitrogens with zero attached hydrogens (tertiary/aromatic N) is 1. The molecule has 1 aliphatic rings. The Hall–Kier alpha value is -2.56. The second-order valence-electron chi connectivity index (χ2n) is 4.89. The summed E-state index contributed by atoms with van der Waals surface area (Å²) in [4.78, 5) is 26.9. The summed E-state index contributed by atoms with van der Waals surface area (Å²) in [6.07, 6.45) is 3.71. The molecule has 1 atom stereocenters. The predicted octanol–water partition coefficient (Wildman–Crippen LogP) is 2.51. The molecule has 116 valence electrons. The second-order valence-corrected chi connectivity index (χ2v) is 4.89. The van der Waals surface area contributed by atoms with Crippen molar-refractivity contribution >= 4 is 23.3 Å². The average Bonchev–Trinajstić information content (AvgIpc) is 2.52. The summed E-state index contributed by atoms with van der Waals surface area (Å²) < 4.78 is 5.13. The number of anilines is 2. The van der Waals surface area contributed by atoms with Gasteiger partial charge >= 0.3 is 5.97 Å². The fourth-order valence-corrected chi connectivity index (χ4v) is 2.59. The third kappa shape index (κ3) is 2.39. The molecule has 22 heavy (non-hydrogen) atoms. The molecule has 0 fully saturated rings. The Morgan fingerprint density at radius 1 is 1.41 bits per heavy atom. The lowest BCUT2D eigenvalue weighted by atomic mass is 9.91. The summed E-state index contributed by atoms with van der Waals surface area (Å²) in [5, 5.41) is 2.77. The molecule has 5 heteroatoms. The van der Waals surface area contributed by atoms with Gasteiger partial charge in [-0.1, -0.05) is 24.8 Å². The van der Waals surface area contributed by atoms with E-state index in [1.54, 1.807) is 24.0 Å². The van der Waals surface area contributed by atoms with Crippen LogP contribution < -0.4 is 10.2 Å². The molecule has 0 aromatic heterocycles. The van der Waals surface area contributed by atoms with Crippen LogP contribution in [0.25, 0.3) is 0 Å². The van der Waals surface area contributed by atoms with E-state index >= 15 is 0 Å². The van der Waals surface area contributed by atoms with Crippen molar-refractivity contribution in [3.05, 3.63) is 49.6 Å². The first-order chi connectivity index (χ1) is 10.6. The highest BCUT2D eigenvalue weighted by atomic mass is 16.5. The number of amides is 1. The standard InChI is InChI=1S/C17H20N2O3/c1-4-7-12-19-14-11-9-8-10-13(14)18-15(20)17(19,5-2)16(21)22-6-3/h4-5,8-11H,1-2,6-7,12H2,3H3,(H,18,20). The fourth-order valence-electron chi connectivity index (χ4n) is 2.59. The summed E-state index contributed by atoms with van der Waals surface area (Å²) in [5.41, 5.74) is -0.136. The van der Waals surface area contributed by atoms with Gasteiger partial charge in [0.25, 0.3) is 5.91 Å². The third-order valence-corrected chi connectivity index (χ3v) is 3.65. The van der Waals surface area contributed by atoms with Crippen molar-refractivity contribution < 1.29 is 14.3 Å². The summed E-state index contributed by atoms with van der Waals surface area (Å²) in [7, 11) is 0. The van der Waals surface area contributed by atoms with Crippen LogP contribution in [0.5, 0.6) is 0 Å². The third-order valence-electron chi connectivity index (χ3n) is 3.65. The van der Waals surface area contributed by atoms with E-state index in [4.69, 9.17) is 4.74 Å². The number of carbonyl (C=O) groups excluding carboxylic acids is 2. The molecule has 5 nitrogen and oxygen atoms in total. The van der Waals surface area contributed by atoms with Crippen molar-refractivity contribution in [2.24, 2.45) is 0 Å². The zero-order chi connectivity index (χ0) is 16.2. The Balaban J connectivity index is 2.58. The van der Waals surface area contributed by atoms with E-state index in [1.165, 1.54) is 6.08 Å². The molecule has 1 N–H and O–H groups in total. The largest absolute Gasteiger partial charge is 0.464 e. The van der Waals surface area contributed by atoms with E-state index in [-0.39, 0.29) is 6.61 Å². The lowest BCUT2D eigenvalue weighted by molar-refractivity contribution is -0.150. The van der Waals surface area contributed by atoms with Gasteiger partial charge in [-0.05, 0) is 31.6 Å². The molecule has 1 aliphatic heterocycles. The minimum Gasteiger partial charge on any atom is -0.464 e. The Bertz CT molecular complexity index is 612. The number of rotatable bonds is 6. The normalized spacial score (nSPS) is 19.9. The van der Waals surface area contributed by atoms with Crippen LogP contribution in [0.4, 0.5) is 11.4 Å². The summed E-state index contributed by atoms with van der Waals surface area (Å²) in [6, 6.07) is 7.34. The Morgan fingerprint density at radius 3 is 2.77 bits per heavy atom. The molecule has 1 heterocycles. The number of para-hydroxylation sites is 2. The molecule has 0 saturated heterocycles.